The molecule has 0 aromatic carbocycles. The van der Waals surface area contributed by atoms with Crippen LogP contribution in [0.5, 0.6) is 0 Å². The largest absolute Gasteiger partial charge is 0.447 e. The number of rotatable bonds is 2. The fourth-order valence-electron chi connectivity index (χ4n) is 4.61. The first-order valence-corrected chi connectivity index (χ1v) is 8.12. The van der Waals surface area contributed by atoms with Crippen molar-refractivity contribution in [2.75, 3.05) is 0 Å². The van der Waals surface area contributed by atoms with Gasteiger partial charge < -0.3 is 9.47 Å². The van der Waals surface area contributed by atoms with E-state index in [9.17, 15) is 15.8 Å². The quantitative estimate of drug-likeness (QED) is 0.842. The van der Waals surface area contributed by atoms with E-state index in [0.29, 0.717) is 19.3 Å². The van der Waals surface area contributed by atoms with Gasteiger partial charge in [0.05, 0.1) is 30.2 Å². The van der Waals surface area contributed by atoms with Crippen molar-refractivity contribution in [3.63, 3.8) is 0 Å². The Morgan fingerprint density at radius 1 is 1.22 bits per heavy atom. The molecule has 0 amide bonds. The van der Waals surface area contributed by atoms with Crippen molar-refractivity contribution in [2.45, 2.75) is 57.8 Å². The van der Waals surface area contributed by atoms with Crippen molar-refractivity contribution < 1.29 is 9.47 Å². The Labute approximate surface area is 136 Å². The monoisotopic (exact) mass is 312 g/mol. The van der Waals surface area contributed by atoms with Gasteiger partial charge in [0.25, 0.3) is 0 Å². The SMILES string of the molecule is CC(C)CC1OC23CCCCC2C(C#N)(C(=N)O3)C1(C#N)C#N. The van der Waals surface area contributed by atoms with Gasteiger partial charge in [0.2, 0.25) is 11.7 Å². The van der Waals surface area contributed by atoms with Gasteiger partial charge in [-0.15, -0.1) is 0 Å². The van der Waals surface area contributed by atoms with E-state index in [1.165, 1.54) is 0 Å². The van der Waals surface area contributed by atoms with Crippen molar-refractivity contribution >= 4 is 5.90 Å². The molecule has 1 N–H and O–H groups in total. The predicted molar refractivity (Wildman–Crippen MR) is 79.5 cm³/mol. The molecule has 2 heterocycles. The van der Waals surface area contributed by atoms with E-state index in [2.05, 4.69) is 18.2 Å². The molecule has 3 aliphatic rings. The number of hydrogen-bond acceptors (Lipinski definition) is 6. The lowest BCUT2D eigenvalue weighted by atomic mass is 9.51. The molecule has 2 bridgehead atoms. The number of hydrogen-bond donors (Lipinski definition) is 1. The van der Waals surface area contributed by atoms with Gasteiger partial charge in [-0.3, -0.25) is 5.41 Å². The van der Waals surface area contributed by atoms with Gasteiger partial charge in [0, 0.05) is 6.42 Å². The summed E-state index contributed by atoms with van der Waals surface area (Å²) < 4.78 is 12.0. The van der Waals surface area contributed by atoms with E-state index in [4.69, 9.17) is 14.9 Å². The van der Waals surface area contributed by atoms with Crippen LogP contribution in [-0.2, 0) is 9.47 Å². The Hall–Kier alpha value is -2.10. The minimum Gasteiger partial charge on any atom is -0.447 e. The third-order valence-electron chi connectivity index (χ3n) is 5.62. The number of nitrogens with one attached hydrogen (secondary N) is 1. The molecule has 0 radical (unpaired) electrons. The maximum absolute atomic E-state index is 10.00. The first-order valence-electron chi connectivity index (χ1n) is 8.12. The fourth-order valence-corrected chi connectivity index (χ4v) is 4.61. The minimum atomic E-state index is -1.70. The third-order valence-corrected chi connectivity index (χ3v) is 5.62. The van der Waals surface area contributed by atoms with Gasteiger partial charge in [-0.25, -0.2) is 0 Å². The minimum absolute atomic E-state index is 0.196. The second kappa shape index (κ2) is 4.95. The summed E-state index contributed by atoms with van der Waals surface area (Å²) in [5.74, 6) is -1.51. The van der Waals surface area contributed by atoms with Crippen LogP contribution in [0, 0.1) is 62.1 Å². The lowest BCUT2D eigenvalue weighted by Crippen LogP contribution is -2.63. The molecule has 2 saturated heterocycles. The molecule has 6 nitrogen and oxygen atoms in total. The second-order valence-corrected chi connectivity index (χ2v) is 7.23. The van der Waals surface area contributed by atoms with Crippen LogP contribution in [0.2, 0.25) is 0 Å². The standard InChI is InChI=1S/C17H20N4O2/c1-11(2)7-13-15(8-18,9-19)16(10-20)12-5-3-4-6-17(12,22-13)23-14(16)21/h11-13,21H,3-7H2,1-2H3. The van der Waals surface area contributed by atoms with E-state index in [1.54, 1.807) is 0 Å². The summed E-state index contributed by atoms with van der Waals surface area (Å²) in [5, 5.41) is 38.1. The van der Waals surface area contributed by atoms with Crippen LogP contribution in [0.25, 0.3) is 0 Å². The molecule has 6 heteroatoms. The lowest BCUT2D eigenvalue weighted by Gasteiger charge is -2.51. The average molecular weight is 312 g/mol. The molecule has 2 aliphatic heterocycles. The van der Waals surface area contributed by atoms with Gasteiger partial charge in [0.1, 0.15) is 0 Å². The number of nitrogens with zero attached hydrogens (tertiary/aromatic N) is 3. The van der Waals surface area contributed by atoms with Crippen molar-refractivity contribution in [3.8, 4) is 18.2 Å². The maximum Gasteiger partial charge on any atom is 0.217 e. The van der Waals surface area contributed by atoms with Crippen molar-refractivity contribution in [3.05, 3.63) is 0 Å². The Bertz CT molecular complexity index is 654. The van der Waals surface area contributed by atoms with E-state index in [0.717, 1.165) is 12.8 Å². The van der Waals surface area contributed by atoms with Gasteiger partial charge in [-0.1, -0.05) is 20.3 Å². The zero-order chi connectivity index (χ0) is 16.9. The zero-order valence-electron chi connectivity index (χ0n) is 13.4. The Morgan fingerprint density at radius 3 is 2.48 bits per heavy atom. The molecule has 0 aromatic rings. The molecule has 4 atom stereocenters. The van der Waals surface area contributed by atoms with Crippen molar-refractivity contribution in [1.29, 1.82) is 21.2 Å². The molecule has 3 rings (SSSR count). The maximum atomic E-state index is 10.00. The Morgan fingerprint density at radius 2 is 1.91 bits per heavy atom. The Kier molecular flexibility index (Phi) is 3.40. The highest BCUT2D eigenvalue weighted by molar-refractivity contribution is 5.89. The third kappa shape index (κ3) is 1.66. The molecule has 23 heavy (non-hydrogen) atoms. The summed E-state index contributed by atoms with van der Waals surface area (Å²) in [6.45, 7) is 3.97. The summed E-state index contributed by atoms with van der Waals surface area (Å²) >= 11 is 0. The van der Waals surface area contributed by atoms with E-state index < -0.39 is 28.6 Å². The zero-order valence-corrected chi connectivity index (χ0v) is 13.4. The van der Waals surface area contributed by atoms with Crippen molar-refractivity contribution in [1.82, 2.24) is 0 Å². The number of nitriles is 3. The van der Waals surface area contributed by atoms with Crippen LogP contribution >= 0.6 is 0 Å². The second-order valence-electron chi connectivity index (χ2n) is 7.23. The molecule has 4 unspecified atom stereocenters. The molecule has 120 valence electrons. The van der Waals surface area contributed by atoms with Gasteiger partial charge in [-0.2, -0.15) is 15.8 Å². The summed E-state index contributed by atoms with van der Waals surface area (Å²) in [4.78, 5) is 0. The van der Waals surface area contributed by atoms with Gasteiger partial charge in [-0.05, 0) is 25.2 Å². The molecular formula is C17H20N4O2. The lowest BCUT2D eigenvalue weighted by molar-refractivity contribution is -0.293. The highest BCUT2D eigenvalue weighted by Crippen LogP contribution is 2.66. The van der Waals surface area contributed by atoms with Gasteiger partial charge >= 0.3 is 0 Å². The summed E-state index contributed by atoms with van der Waals surface area (Å²) in [6, 6.07) is 6.32. The molecule has 3 fully saturated rings. The summed E-state index contributed by atoms with van der Waals surface area (Å²) in [6.07, 6.45) is 2.77. The Balaban J connectivity index is 2.24. The molecule has 1 aliphatic carbocycles. The normalized spacial score (nSPS) is 40.4. The van der Waals surface area contributed by atoms with Crippen LogP contribution in [-0.4, -0.2) is 17.8 Å². The molecule has 0 spiro atoms. The first kappa shape index (κ1) is 15.8. The predicted octanol–water partition coefficient (Wildman–Crippen LogP) is 2.87. The van der Waals surface area contributed by atoms with Crippen LogP contribution in [0.3, 0.4) is 0 Å². The van der Waals surface area contributed by atoms with Crippen LogP contribution < -0.4 is 0 Å². The smallest absolute Gasteiger partial charge is 0.217 e. The molecule has 0 aromatic heterocycles. The first-order chi connectivity index (χ1) is 10.9. The highest BCUT2D eigenvalue weighted by atomic mass is 16.7. The molecular weight excluding hydrogens is 292 g/mol. The summed E-state index contributed by atoms with van der Waals surface area (Å²) in [7, 11) is 0. The van der Waals surface area contributed by atoms with Crippen molar-refractivity contribution in [2.24, 2.45) is 22.7 Å². The summed E-state index contributed by atoms with van der Waals surface area (Å²) in [5.41, 5.74) is -3.24. The van der Waals surface area contributed by atoms with E-state index in [1.807, 2.05) is 13.8 Å². The van der Waals surface area contributed by atoms with Crippen LogP contribution in [0.15, 0.2) is 0 Å². The van der Waals surface area contributed by atoms with E-state index in [-0.39, 0.29) is 11.8 Å². The van der Waals surface area contributed by atoms with Crippen LogP contribution in [0.4, 0.5) is 0 Å². The average Bonchev–Trinajstić information content (AvgIpc) is 2.73. The van der Waals surface area contributed by atoms with Crippen LogP contribution in [0.1, 0.15) is 46.0 Å². The highest BCUT2D eigenvalue weighted by Gasteiger charge is 2.80. The van der Waals surface area contributed by atoms with Gasteiger partial charge in [0.15, 0.2) is 10.8 Å². The topological polar surface area (TPSA) is 114 Å². The number of ether oxygens (including phenoxy) is 2. The van der Waals surface area contributed by atoms with E-state index >= 15 is 0 Å². The fraction of sp³-hybridized carbons (Fsp3) is 0.765. The molecule has 1 saturated carbocycles.